The number of amides is 1. The Hall–Kier alpha value is -0.720. The number of ether oxygens (including phenoxy) is 2. The third-order valence-corrected chi connectivity index (χ3v) is 7.27. The number of thioether (sulfide) groups is 1. The van der Waals surface area contributed by atoms with E-state index < -0.39 is 0 Å². The summed E-state index contributed by atoms with van der Waals surface area (Å²) in [6.07, 6.45) is 4.17. The van der Waals surface area contributed by atoms with E-state index in [-0.39, 0.29) is 10.7 Å². The second kappa shape index (κ2) is 6.30. The van der Waals surface area contributed by atoms with Crippen molar-refractivity contribution in [3.05, 3.63) is 16.3 Å². The zero-order valence-corrected chi connectivity index (χ0v) is 15.1. The highest BCUT2D eigenvalue weighted by Crippen LogP contribution is 2.47. The van der Waals surface area contributed by atoms with E-state index in [1.54, 1.807) is 0 Å². The summed E-state index contributed by atoms with van der Waals surface area (Å²) in [4.78, 5) is 15.3. The molecule has 1 aromatic heterocycles. The number of carbonyl (C=O) groups excluding carboxylic acids is 1. The molecule has 2 aliphatic heterocycles. The molecule has 1 spiro atoms. The lowest BCUT2D eigenvalue weighted by molar-refractivity contribution is 0.0287. The van der Waals surface area contributed by atoms with Crippen molar-refractivity contribution < 1.29 is 14.3 Å². The lowest BCUT2D eigenvalue weighted by Gasteiger charge is -2.47. The summed E-state index contributed by atoms with van der Waals surface area (Å²) in [6, 6.07) is 1.89. The predicted octanol–water partition coefficient (Wildman–Crippen LogP) is 3.27. The molecule has 23 heavy (non-hydrogen) atoms. The van der Waals surface area contributed by atoms with E-state index in [4.69, 9.17) is 9.47 Å². The first-order valence-corrected chi connectivity index (χ1v) is 10.3. The smallest absolute Gasteiger partial charge is 0.267 e. The van der Waals surface area contributed by atoms with Crippen LogP contribution in [0.25, 0.3) is 0 Å². The van der Waals surface area contributed by atoms with Gasteiger partial charge in [-0.25, -0.2) is 0 Å². The third kappa shape index (κ3) is 3.26. The molecule has 3 heterocycles. The number of rotatable bonds is 6. The summed E-state index contributed by atoms with van der Waals surface area (Å²) in [7, 11) is 0. The fourth-order valence-electron chi connectivity index (χ4n) is 3.35. The zero-order chi connectivity index (χ0) is 15.9. The summed E-state index contributed by atoms with van der Waals surface area (Å²) < 4.78 is 11.8. The Balaban J connectivity index is 1.30. The summed E-state index contributed by atoms with van der Waals surface area (Å²) in [6.45, 7) is 5.18. The van der Waals surface area contributed by atoms with Crippen molar-refractivity contribution >= 4 is 29.0 Å². The molecule has 0 aromatic carbocycles. The van der Waals surface area contributed by atoms with E-state index >= 15 is 0 Å². The summed E-state index contributed by atoms with van der Waals surface area (Å²) in [5.74, 6) is 2.76. The number of nitrogens with zero attached hydrogens (tertiary/aromatic N) is 1. The molecule has 0 N–H and O–H groups in total. The highest BCUT2D eigenvalue weighted by molar-refractivity contribution is 8.01. The number of likely N-dealkylation sites (tertiary alicyclic amines) is 1. The fraction of sp³-hybridized carbons (Fsp3) is 0.706. The lowest BCUT2D eigenvalue weighted by atomic mass is 9.92. The van der Waals surface area contributed by atoms with Gasteiger partial charge in [0.1, 0.15) is 10.6 Å². The average molecular weight is 354 g/mol. The van der Waals surface area contributed by atoms with Gasteiger partial charge < -0.3 is 14.4 Å². The Morgan fingerprint density at radius 2 is 2.26 bits per heavy atom. The van der Waals surface area contributed by atoms with Crippen LogP contribution < -0.4 is 4.74 Å². The largest absolute Gasteiger partial charge is 0.492 e. The average Bonchev–Trinajstić information content (AvgIpc) is 3.06. The van der Waals surface area contributed by atoms with Gasteiger partial charge in [-0.1, -0.05) is 0 Å². The van der Waals surface area contributed by atoms with Crippen molar-refractivity contribution in [2.75, 3.05) is 32.1 Å². The molecule has 1 atom stereocenters. The van der Waals surface area contributed by atoms with Gasteiger partial charge >= 0.3 is 0 Å². The molecule has 1 saturated carbocycles. The van der Waals surface area contributed by atoms with Gasteiger partial charge in [0.05, 0.1) is 17.5 Å². The van der Waals surface area contributed by atoms with Gasteiger partial charge in [0.2, 0.25) is 0 Å². The molecule has 3 aliphatic rings. The predicted molar refractivity (Wildman–Crippen MR) is 93.7 cm³/mol. The van der Waals surface area contributed by atoms with Crippen LogP contribution in [-0.2, 0) is 4.74 Å². The molecule has 1 aromatic rings. The van der Waals surface area contributed by atoms with E-state index in [2.05, 4.69) is 0 Å². The molecule has 1 aliphatic carbocycles. The minimum absolute atomic E-state index is 0.122. The minimum Gasteiger partial charge on any atom is -0.492 e. The normalized spacial score (nSPS) is 25.6. The molecule has 3 fully saturated rings. The molecule has 6 heteroatoms. The maximum Gasteiger partial charge on any atom is 0.267 e. The van der Waals surface area contributed by atoms with Gasteiger partial charge in [0, 0.05) is 25.4 Å². The van der Waals surface area contributed by atoms with Crippen LogP contribution in [0, 0.1) is 5.92 Å². The summed E-state index contributed by atoms with van der Waals surface area (Å²) >= 11 is 3.48. The third-order valence-electron chi connectivity index (χ3n) is 4.81. The maximum atomic E-state index is 12.6. The highest BCUT2D eigenvalue weighted by atomic mass is 32.2. The van der Waals surface area contributed by atoms with Gasteiger partial charge in [-0.2, -0.15) is 0 Å². The first kappa shape index (κ1) is 15.8. The second-order valence-corrected chi connectivity index (χ2v) is 9.21. The number of hydrogen-bond acceptors (Lipinski definition) is 5. The van der Waals surface area contributed by atoms with Gasteiger partial charge in [0.15, 0.2) is 0 Å². The molecule has 4 nitrogen and oxygen atoms in total. The molecule has 4 rings (SSSR count). The second-order valence-electron chi connectivity index (χ2n) is 6.81. The van der Waals surface area contributed by atoms with E-state index in [0.29, 0.717) is 12.7 Å². The number of carbonyl (C=O) groups is 1. The highest BCUT2D eigenvalue weighted by Gasteiger charge is 2.51. The number of hydrogen-bond donors (Lipinski definition) is 0. The van der Waals surface area contributed by atoms with Crippen LogP contribution in [0.4, 0.5) is 0 Å². The van der Waals surface area contributed by atoms with E-state index in [0.717, 1.165) is 48.4 Å². The Labute approximate surface area is 145 Å². The van der Waals surface area contributed by atoms with Crippen LogP contribution in [-0.4, -0.2) is 53.7 Å². The van der Waals surface area contributed by atoms with Crippen LogP contribution in [0.3, 0.4) is 0 Å². The molecule has 0 unspecified atom stereocenters. The van der Waals surface area contributed by atoms with Crippen LogP contribution in [0.1, 0.15) is 35.9 Å². The molecule has 0 bridgehead atoms. The Morgan fingerprint density at radius 3 is 3.00 bits per heavy atom. The first-order valence-electron chi connectivity index (χ1n) is 8.44. The van der Waals surface area contributed by atoms with E-state index in [1.807, 2.05) is 35.0 Å². The zero-order valence-electron chi connectivity index (χ0n) is 13.5. The molecular weight excluding hydrogens is 330 g/mol. The summed E-state index contributed by atoms with van der Waals surface area (Å²) in [5.41, 5.74) is 0. The quantitative estimate of drug-likeness (QED) is 0.787. The van der Waals surface area contributed by atoms with Gasteiger partial charge in [-0.05, 0) is 43.6 Å². The summed E-state index contributed by atoms with van der Waals surface area (Å²) in [5, 5.41) is 1.93. The first-order chi connectivity index (χ1) is 11.2. The minimum atomic E-state index is 0.122. The van der Waals surface area contributed by atoms with Crippen molar-refractivity contribution in [2.45, 2.75) is 37.0 Å². The monoisotopic (exact) mass is 353 g/mol. The SMILES string of the molecule is CCOc1ccsc1C(=O)N1CC2(C[C@@H](OCC3CC3)CS2)C1. The molecule has 1 amide bonds. The van der Waals surface area contributed by atoms with E-state index in [1.165, 1.54) is 24.2 Å². The van der Waals surface area contributed by atoms with Crippen molar-refractivity contribution in [1.29, 1.82) is 0 Å². The van der Waals surface area contributed by atoms with Crippen molar-refractivity contribution in [2.24, 2.45) is 5.92 Å². The van der Waals surface area contributed by atoms with Crippen molar-refractivity contribution in [1.82, 2.24) is 4.90 Å². The van der Waals surface area contributed by atoms with Gasteiger partial charge in [-0.15, -0.1) is 23.1 Å². The topological polar surface area (TPSA) is 38.8 Å². The Bertz CT molecular complexity index is 578. The molecule has 126 valence electrons. The lowest BCUT2D eigenvalue weighted by Crippen LogP contribution is -2.60. The maximum absolute atomic E-state index is 12.6. The van der Waals surface area contributed by atoms with Crippen LogP contribution in [0.2, 0.25) is 0 Å². The van der Waals surface area contributed by atoms with Crippen LogP contribution in [0.5, 0.6) is 5.75 Å². The molecular formula is C17H23NO3S2. The Kier molecular flexibility index (Phi) is 4.32. The van der Waals surface area contributed by atoms with Crippen molar-refractivity contribution in [3.63, 3.8) is 0 Å². The molecule has 0 radical (unpaired) electrons. The van der Waals surface area contributed by atoms with Crippen LogP contribution >= 0.6 is 23.1 Å². The fourth-order valence-corrected chi connectivity index (χ4v) is 5.70. The number of thiophene rings is 1. The van der Waals surface area contributed by atoms with Gasteiger partial charge in [-0.3, -0.25) is 4.79 Å². The van der Waals surface area contributed by atoms with Crippen molar-refractivity contribution in [3.8, 4) is 5.75 Å². The Morgan fingerprint density at radius 1 is 1.43 bits per heavy atom. The molecule has 2 saturated heterocycles. The van der Waals surface area contributed by atoms with E-state index in [9.17, 15) is 4.79 Å². The standard InChI is InChI=1S/C17H23NO3S2/c1-2-20-14-5-6-22-15(14)16(19)18-10-17(11-18)7-13(9-23-17)21-8-12-3-4-12/h5-6,12-13H,2-4,7-11H2,1H3/t13-/m1/s1. The van der Waals surface area contributed by atoms with Gasteiger partial charge in [0.25, 0.3) is 5.91 Å². The van der Waals surface area contributed by atoms with Crippen LogP contribution in [0.15, 0.2) is 11.4 Å².